The number of hydrogen-bond acceptors (Lipinski definition) is 7. The Morgan fingerprint density at radius 1 is 1.21 bits per heavy atom. The van der Waals surface area contributed by atoms with Crippen LogP contribution < -0.4 is 0 Å². The average Bonchev–Trinajstić information content (AvgIpc) is 3.30. The molecule has 7 heteroatoms. The Morgan fingerprint density at radius 3 is 2.50 bits per heavy atom. The van der Waals surface area contributed by atoms with Crippen LogP contribution >= 0.6 is 0 Å². The summed E-state index contributed by atoms with van der Waals surface area (Å²) in [5, 5.41) is 0. The summed E-state index contributed by atoms with van der Waals surface area (Å²) in [7, 11) is 0. The van der Waals surface area contributed by atoms with Crippen molar-refractivity contribution in [2.24, 2.45) is 17.8 Å². The topological polar surface area (TPSA) is 88.1 Å². The van der Waals surface area contributed by atoms with Crippen LogP contribution in [0.3, 0.4) is 0 Å². The molecule has 192 valence electrons. The zero-order valence-electron chi connectivity index (χ0n) is 21.7. The molecule has 0 aromatic heterocycles. The summed E-state index contributed by atoms with van der Waals surface area (Å²) in [4.78, 5) is 39.0. The van der Waals surface area contributed by atoms with Crippen LogP contribution in [-0.2, 0) is 33.3 Å². The van der Waals surface area contributed by atoms with Gasteiger partial charge in [-0.15, -0.1) is 0 Å². The number of hydrogen-bond donors (Lipinski definition) is 0. The van der Waals surface area contributed by atoms with Crippen molar-refractivity contribution in [3.8, 4) is 0 Å². The number of fused-ring (bicyclic) bond motifs is 1. The molecule has 4 atom stereocenters. The van der Waals surface area contributed by atoms with Crippen molar-refractivity contribution in [1.82, 2.24) is 0 Å². The number of ketones is 2. The van der Waals surface area contributed by atoms with Gasteiger partial charge in [0.2, 0.25) is 0 Å². The van der Waals surface area contributed by atoms with Gasteiger partial charge in [-0.05, 0) is 71.8 Å². The Hall–Kier alpha value is -1.57. The summed E-state index contributed by atoms with van der Waals surface area (Å²) >= 11 is 0. The van der Waals surface area contributed by atoms with Gasteiger partial charge in [-0.1, -0.05) is 12.5 Å². The molecule has 0 bridgehead atoms. The molecule has 0 amide bonds. The minimum atomic E-state index is -0.957. The molecule has 2 aliphatic carbocycles. The van der Waals surface area contributed by atoms with Crippen LogP contribution in [0.5, 0.6) is 0 Å². The lowest BCUT2D eigenvalue weighted by Gasteiger charge is -2.33. The number of Topliss-reactive ketones (excluding diaryl/α,β-unsaturated/α-hetero) is 2. The van der Waals surface area contributed by atoms with Gasteiger partial charge in [0, 0.05) is 25.2 Å². The van der Waals surface area contributed by atoms with E-state index in [-0.39, 0.29) is 54.6 Å². The van der Waals surface area contributed by atoms with E-state index in [0.29, 0.717) is 38.0 Å². The number of carbonyl (C=O) groups is 3. The molecule has 1 saturated heterocycles. The van der Waals surface area contributed by atoms with E-state index in [0.717, 1.165) is 18.4 Å². The van der Waals surface area contributed by atoms with E-state index in [1.54, 1.807) is 6.92 Å². The predicted molar refractivity (Wildman–Crippen MR) is 127 cm³/mol. The molecule has 7 nitrogen and oxygen atoms in total. The first-order valence-corrected chi connectivity index (χ1v) is 12.8. The first-order valence-electron chi connectivity index (χ1n) is 12.8. The van der Waals surface area contributed by atoms with E-state index in [9.17, 15) is 14.4 Å². The van der Waals surface area contributed by atoms with Crippen LogP contribution in [0.2, 0.25) is 0 Å². The lowest BCUT2D eigenvalue weighted by molar-refractivity contribution is -0.152. The maximum absolute atomic E-state index is 13.2. The Bertz CT molecular complexity index is 800. The fraction of sp³-hybridized carbons (Fsp3) is 0.815. The number of carbonyl (C=O) groups excluding carboxylic acids is 3. The normalized spacial score (nSPS) is 27.6. The van der Waals surface area contributed by atoms with Crippen LogP contribution in [0.4, 0.5) is 0 Å². The van der Waals surface area contributed by atoms with E-state index >= 15 is 0 Å². The van der Waals surface area contributed by atoms with Gasteiger partial charge in [0.15, 0.2) is 11.6 Å². The number of rotatable bonds is 10. The molecule has 0 spiro atoms. The molecule has 3 unspecified atom stereocenters. The first-order chi connectivity index (χ1) is 15.9. The SMILES string of the molecule is CCOC(=O)C(CC1=C2CC(C)[C@@H](OC(C)(C)C)C2CCC1=O)C(=O)CCCC1(C)OCCO1. The van der Waals surface area contributed by atoms with Gasteiger partial charge >= 0.3 is 5.97 Å². The summed E-state index contributed by atoms with van der Waals surface area (Å²) in [6, 6.07) is 0. The summed E-state index contributed by atoms with van der Waals surface area (Å²) < 4.78 is 22.9. The molecule has 3 rings (SSSR count). The third-order valence-electron chi connectivity index (χ3n) is 7.16. The fourth-order valence-corrected chi connectivity index (χ4v) is 5.60. The van der Waals surface area contributed by atoms with Gasteiger partial charge in [-0.3, -0.25) is 14.4 Å². The third kappa shape index (κ3) is 6.55. The fourth-order valence-electron chi connectivity index (χ4n) is 5.60. The van der Waals surface area contributed by atoms with Crippen LogP contribution in [0.15, 0.2) is 11.1 Å². The molecule has 0 radical (unpaired) electrons. The molecule has 1 heterocycles. The van der Waals surface area contributed by atoms with Crippen molar-refractivity contribution >= 4 is 17.5 Å². The van der Waals surface area contributed by atoms with Crippen LogP contribution in [0, 0.1) is 17.8 Å². The van der Waals surface area contributed by atoms with Crippen molar-refractivity contribution < 1.29 is 33.3 Å². The molecular weight excluding hydrogens is 436 g/mol. The summed E-state index contributed by atoms with van der Waals surface area (Å²) in [6.45, 7) is 13.2. The second-order valence-electron chi connectivity index (χ2n) is 11.1. The Morgan fingerprint density at radius 2 is 1.88 bits per heavy atom. The quantitative estimate of drug-likeness (QED) is 0.336. The maximum Gasteiger partial charge on any atom is 0.316 e. The van der Waals surface area contributed by atoms with Crippen LogP contribution in [0.25, 0.3) is 0 Å². The maximum atomic E-state index is 13.2. The Balaban J connectivity index is 1.76. The minimum absolute atomic E-state index is 0.0435. The minimum Gasteiger partial charge on any atom is -0.465 e. The molecule has 1 saturated carbocycles. The Labute approximate surface area is 203 Å². The van der Waals surface area contributed by atoms with E-state index < -0.39 is 17.7 Å². The average molecular weight is 479 g/mol. The lowest BCUT2D eigenvalue weighted by Crippen LogP contribution is -2.35. The molecule has 34 heavy (non-hydrogen) atoms. The molecule has 0 aromatic carbocycles. The van der Waals surface area contributed by atoms with Crippen molar-refractivity contribution in [3.63, 3.8) is 0 Å². The molecule has 2 fully saturated rings. The van der Waals surface area contributed by atoms with Crippen molar-refractivity contribution in [2.75, 3.05) is 19.8 Å². The highest BCUT2D eigenvalue weighted by molar-refractivity contribution is 6.03. The highest BCUT2D eigenvalue weighted by Gasteiger charge is 2.45. The lowest BCUT2D eigenvalue weighted by atomic mass is 9.78. The molecule has 1 aliphatic heterocycles. The number of esters is 1. The van der Waals surface area contributed by atoms with Crippen LogP contribution in [-0.4, -0.2) is 54.8 Å². The van der Waals surface area contributed by atoms with E-state index in [4.69, 9.17) is 18.9 Å². The second kappa shape index (κ2) is 11.0. The van der Waals surface area contributed by atoms with Gasteiger partial charge < -0.3 is 18.9 Å². The smallest absolute Gasteiger partial charge is 0.316 e. The van der Waals surface area contributed by atoms with E-state index in [1.165, 1.54) is 0 Å². The highest BCUT2D eigenvalue weighted by Crippen LogP contribution is 2.47. The van der Waals surface area contributed by atoms with Gasteiger partial charge in [0.1, 0.15) is 11.7 Å². The van der Waals surface area contributed by atoms with Crippen molar-refractivity contribution in [1.29, 1.82) is 0 Å². The Kier molecular flexibility index (Phi) is 8.75. The zero-order chi connectivity index (χ0) is 25.1. The third-order valence-corrected chi connectivity index (χ3v) is 7.16. The summed E-state index contributed by atoms with van der Waals surface area (Å²) in [6.07, 6.45) is 3.47. The predicted octanol–water partition coefficient (Wildman–Crippen LogP) is 4.56. The van der Waals surface area contributed by atoms with Crippen molar-refractivity contribution in [3.05, 3.63) is 11.1 Å². The molecular formula is C27H42O7. The monoisotopic (exact) mass is 478 g/mol. The van der Waals surface area contributed by atoms with Crippen LogP contribution in [0.1, 0.15) is 86.5 Å². The molecule has 0 N–H and O–H groups in total. The largest absolute Gasteiger partial charge is 0.465 e. The van der Waals surface area contributed by atoms with E-state index in [1.807, 2.05) is 27.7 Å². The highest BCUT2D eigenvalue weighted by atomic mass is 16.7. The van der Waals surface area contributed by atoms with Gasteiger partial charge in [-0.25, -0.2) is 0 Å². The number of allylic oxidation sites excluding steroid dienone is 1. The molecule has 3 aliphatic rings. The summed E-state index contributed by atoms with van der Waals surface area (Å²) in [5.41, 5.74) is 1.47. The van der Waals surface area contributed by atoms with Gasteiger partial charge in [0.25, 0.3) is 0 Å². The first kappa shape index (κ1) is 27.0. The molecule has 0 aromatic rings. The van der Waals surface area contributed by atoms with Crippen molar-refractivity contribution in [2.45, 2.75) is 104 Å². The summed E-state index contributed by atoms with van der Waals surface area (Å²) in [5.74, 6) is -1.85. The van der Waals surface area contributed by atoms with E-state index in [2.05, 4.69) is 6.92 Å². The van der Waals surface area contributed by atoms with Gasteiger partial charge in [-0.2, -0.15) is 0 Å². The van der Waals surface area contributed by atoms with Gasteiger partial charge in [0.05, 0.1) is 31.5 Å². The second-order valence-corrected chi connectivity index (χ2v) is 11.1. The zero-order valence-corrected chi connectivity index (χ0v) is 21.7. The standard InChI is InChI=1S/C27H42O7/c1-7-31-25(30)21(22(28)9-8-12-27(6)32-13-14-33-27)16-20-19-15-17(2)24(34-26(3,4)5)18(19)10-11-23(20)29/h17-18,21,24H,7-16H2,1-6H3/t17?,18?,21?,24-/m1/s1. The number of ether oxygens (including phenoxy) is 4.